The second kappa shape index (κ2) is 5.51. The third-order valence-corrected chi connectivity index (χ3v) is 5.20. The molecule has 5 heteroatoms. The summed E-state index contributed by atoms with van der Waals surface area (Å²) < 4.78 is 27.2. The molecule has 0 radical (unpaired) electrons. The zero-order chi connectivity index (χ0) is 14.0. The zero-order valence-corrected chi connectivity index (χ0v) is 12.4. The average Bonchev–Trinajstić information content (AvgIpc) is 3.13. The molecule has 1 saturated carbocycles. The fourth-order valence-electron chi connectivity index (χ4n) is 2.21. The van der Waals surface area contributed by atoms with E-state index < -0.39 is 10.0 Å². The minimum absolute atomic E-state index is 0.302. The highest BCUT2D eigenvalue weighted by Crippen LogP contribution is 2.33. The van der Waals surface area contributed by atoms with Gasteiger partial charge in [-0.05, 0) is 55.9 Å². The Morgan fingerprint density at radius 3 is 2.63 bits per heavy atom. The van der Waals surface area contributed by atoms with Crippen molar-refractivity contribution in [1.82, 2.24) is 4.72 Å². The quantitative estimate of drug-likeness (QED) is 0.621. The van der Waals surface area contributed by atoms with Crippen LogP contribution in [-0.2, 0) is 10.0 Å². The number of nitrogens with two attached hydrogens (primary N) is 1. The van der Waals surface area contributed by atoms with Gasteiger partial charge in [0.1, 0.15) is 0 Å². The van der Waals surface area contributed by atoms with Gasteiger partial charge in [0.15, 0.2) is 0 Å². The lowest BCUT2D eigenvalue weighted by Gasteiger charge is -2.12. The van der Waals surface area contributed by atoms with Gasteiger partial charge in [0, 0.05) is 12.2 Å². The molecule has 0 aliphatic heterocycles. The molecule has 2 rings (SSSR count). The van der Waals surface area contributed by atoms with Crippen LogP contribution >= 0.6 is 0 Å². The second-order valence-electron chi connectivity index (χ2n) is 5.46. The van der Waals surface area contributed by atoms with Gasteiger partial charge >= 0.3 is 0 Å². The van der Waals surface area contributed by atoms with Crippen LogP contribution in [-0.4, -0.2) is 15.0 Å². The predicted octanol–water partition coefficient (Wildman–Crippen LogP) is 2.35. The number of aryl methyl sites for hydroxylation is 1. The molecular weight excluding hydrogens is 260 g/mol. The van der Waals surface area contributed by atoms with Crippen molar-refractivity contribution in [3.8, 4) is 0 Å². The van der Waals surface area contributed by atoms with Crippen molar-refractivity contribution in [2.24, 2.45) is 5.92 Å². The fraction of sp³-hybridized carbons (Fsp3) is 0.571. The topological polar surface area (TPSA) is 72.2 Å². The standard InChI is InChI=1S/C14H22N2O2S/c1-10-8-13(15)11(2)14(9-10)19(17,18)16-7-3-4-12-5-6-12/h8-9,12,16H,3-7,15H2,1-2H3. The fourth-order valence-corrected chi connectivity index (χ4v) is 3.64. The lowest BCUT2D eigenvalue weighted by atomic mass is 10.1. The number of benzene rings is 1. The van der Waals surface area contributed by atoms with Gasteiger partial charge in [0.2, 0.25) is 10.0 Å². The summed E-state index contributed by atoms with van der Waals surface area (Å²) in [7, 11) is -3.44. The molecule has 3 N–H and O–H groups in total. The molecule has 1 aromatic rings. The van der Waals surface area contributed by atoms with Gasteiger partial charge in [-0.25, -0.2) is 13.1 Å². The third-order valence-electron chi connectivity index (χ3n) is 3.61. The van der Waals surface area contributed by atoms with Gasteiger partial charge < -0.3 is 5.73 Å². The van der Waals surface area contributed by atoms with E-state index in [0.717, 1.165) is 24.3 Å². The summed E-state index contributed by atoms with van der Waals surface area (Å²) in [6.07, 6.45) is 4.64. The maximum atomic E-state index is 12.3. The summed E-state index contributed by atoms with van der Waals surface area (Å²) in [4.78, 5) is 0.302. The van der Waals surface area contributed by atoms with Crippen molar-refractivity contribution in [1.29, 1.82) is 0 Å². The van der Waals surface area contributed by atoms with E-state index in [1.165, 1.54) is 12.8 Å². The van der Waals surface area contributed by atoms with Crippen LogP contribution in [0, 0.1) is 19.8 Å². The van der Waals surface area contributed by atoms with Gasteiger partial charge in [0.05, 0.1) is 4.90 Å². The van der Waals surface area contributed by atoms with Gasteiger partial charge in [-0.2, -0.15) is 0 Å². The van der Waals surface area contributed by atoms with Gasteiger partial charge in [-0.3, -0.25) is 0 Å². The first kappa shape index (κ1) is 14.3. The average molecular weight is 282 g/mol. The smallest absolute Gasteiger partial charge is 0.240 e. The molecule has 0 spiro atoms. The molecule has 106 valence electrons. The lowest BCUT2D eigenvalue weighted by molar-refractivity contribution is 0.572. The minimum atomic E-state index is -3.44. The van der Waals surface area contributed by atoms with Crippen LogP contribution in [0.5, 0.6) is 0 Å². The molecule has 0 amide bonds. The van der Waals surface area contributed by atoms with Crippen molar-refractivity contribution in [3.05, 3.63) is 23.3 Å². The Morgan fingerprint density at radius 1 is 1.32 bits per heavy atom. The van der Waals surface area contributed by atoms with E-state index in [-0.39, 0.29) is 0 Å². The van der Waals surface area contributed by atoms with Gasteiger partial charge in [-0.1, -0.05) is 12.8 Å². The summed E-state index contributed by atoms with van der Waals surface area (Å²) >= 11 is 0. The van der Waals surface area contributed by atoms with Crippen molar-refractivity contribution >= 4 is 15.7 Å². The molecule has 0 unspecified atom stereocenters. The molecule has 0 saturated heterocycles. The predicted molar refractivity (Wildman–Crippen MR) is 77.5 cm³/mol. The van der Waals surface area contributed by atoms with Crippen molar-refractivity contribution in [2.75, 3.05) is 12.3 Å². The Labute approximate surface area is 115 Å². The van der Waals surface area contributed by atoms with E-state index in [1.807, 2.05) is 6.92 Å². The van der Waals surface area contributed by atoms with E-state index in [1.54, 1.807) is 19.1 Å². The normalized spacial score (nSPS) is 15.7. The molecule has 0 aromatic heterocycles. The number of nitrogen functional groups attached to an aromatic ring is 1. The second-order valence-corrected chi connectivity index (χ2v) is 7.20. The SMILES string of the molecule is Cc1cc(N)c(C)c(S(=O)(=O)NCCCC2CC2)c1. The first-order valence-corrected chi connectivity index (χ1v) is 8.25. The van der Waals surface area contributed by atoms with Crippen LogP contribution in [0.3, 0.4) is 0 Å². The van der Waals surface area contributed by atoms with E-state index in [2.05, 4.69) is 4.72 Å². The number of anilines is 1. The molecule has 4 nitrogen and oxygen atoms in total. The van der Waals surface area contributed by atoms with E-state index in [0.29, 0.717) is 22.7 Å². The number of nitrogens with one attached hydrogen (secondary N) is 1. The van der Waals surface area contributed by atoms with Crippen LogP contribution in [0.25, 0.3) is 0 Å². The van der Waals surface area contributed by atoms with Crippen molar-refractivity contribution in [3.63, 3.8) is 0 Å². The number of hydrogen-bond donors (Lipinski definition) is 2. The Bertz CT molecular complexity index is 563. The van der Waals surface area contributed by atoms with Crippen LogP contribution < -0.4 is 10.5 Å². The zero-order valence-electron chi connectivity index (χ0n) is 11.6. The molecule has 0 bridgehead atoms. The maximum absolute atomic E-state index is 12.3. The molecule has 0 atom stereocenters. The van der Waals surface area contributed by atoms with Gasteiger partial charge in [0.25, 0.3) is 0 Å². The molecule has 1 aliphatic carbocycles. The van der Waals surface area contributed by atoms with Gasteiger partial charge in [-0.15, -0.1) is 0 Å². The Kier molecular flexibility index (Phi) is 4.16. The lowest BCUT2D eigenvalue weighted by Crippen LogP contribution is -2.26. The van der Waals surface area contributed by atoms with Crippen LogP contribution in [0.1, 0.15) is 36.8 Å². The number of sulfonamides is 1. The molecule has 0 heterocycles. The highest BCUT2D eigenvalue weighted by Gasteiger charge is 2.21. The first-order valence-electron chi connectivity index (χ1n) is 6.76. The number of rotatable bonds is 6. The summed E-state index contributed by atoms with van der Waals surface area (Å²) in [6.45, 7) is 4.10. The summed E-state index contributed by atoms with van der Waals surface area (Å²) in [5.41, 5.74) is 7.84. The minimum Gasteiger partial charge on any atom is -0.398 e. The maximum Gasteiger partial charge on any atom is 0.240 e. The first-order chi connectivity index (χ1) is 8.90. The monoisotopic (exact) mass is 282 g/mol. The molecule has 19 heavy (non-hydrogen) atoms. The Balaban J connectivity index is 2.05. The number of hydrogen-bond acceptors (Lipinski definition) is 3. The van der Waals surface area contributed by atoms with Crippen LogP contribution in [0.15, 0.2) is 17.0 Å². The van der Waals surface area contributed by atoms with E-state index in [4.69, 9.17) is 5.73 Å². The third kappa shape index (κ3) is 3.70. The van der Waals surface area contributed by atoms with Crippen molar-refractivity contribution < 1.29 is 8.42 Å². The van der Waals surface area contributed by atoms with Crippen LogP contribution in [0.2, 0.25) is 0 Å². The molecule has 1 fully saturated rings. The summed E-state index contributed by atoms with van der Waals surface area (Å²) in [5, 5.41) is 0. The highest BCUT2D eigenvalue weighted by atomic mass is 32.2. The largest absolute Gasteiger partial charge is 0.398 e. The highest BCUT2D eigenvalue weighted by molar-refractivity contribution is 7.89. The van der Waals surface area contributed by atoms with E-state index >= 15 is 0 Å². The summed E-state index contributed by atoms with van der Waals surface area (Å²) in [5.74, 6) is 0.834. The summed E-state index contributed by atoms with van der Waals surface area (Å²) in [6, 6.07) is 3.47. The molecule has 1 aromatic carbocycles. The molecule has 1 aliphatic rings. The van der Waals surface area contributed by atoms with Crippen LogP contribution in [0.4, 0.5) is 5.69 Å². The van der Waals surface area contributed by atoms with E-state index in [9.17, 15) is 8.42 Å². The Morgan fingerprint density at radius 2 is 2.00 bits per heavy atom. The Hall–Kier alpha value is -1.07. The molecular formula is C14H22N2O2S. The van der Waals surface area contributed by atoms with Crippen molar-refractivity contribution in [2.45, 2.75) is 44.4 Å².